The van der Waals surface area contributed by atoms with Gasteiger partial charge in [0.05, 0.1) is 6.04 Å². The lowest BCUT2D eigenvalue weighted by molar-refractivity contribution is -0.136. The minimum absolute atomic E-state index is 0.123. The Morgan fingerprint density at radius 3 is 2.93 bits per heavy atom. The summed E-state index contributed by atoms with van der Waals surface area (Å²) in [5.41, 5.74) is 5.79. The predicted octanol–water partition coefficient (Wildman–Crippen LogP) is 0.324. The number of hydrogen-bond donors (Lipinski definition) is 2. The highest BCUT2D eigenvalue weighted by atomic mass is 16.2. The zero-order valence-corrected chi connectivity index (χ0v) is 9.83. The Hall–Kier alpha value is -0.610. The molecular weight excluding hydrogens is 190 g/mol. The molecule has 1 heterocycles. The Bertz CT molecular complexity index is 206. The van der Waals surface area contributed by atoms with Crippen LogP contribution in [-0.4, -0.2) is 42.5 Å². The van der Waals surface area contributed by atoms with Crippen molar-refractivity contribution in [3.05, 3.63) is 0 Å². The number of nitrogens with zero attached hydrogens (tertiary/aromatic N) is 1. The van der Waals surface area contributed by atoms with Crippen molar-refractivity contribution >= 4 is 5.91 Å². The third-order valence-electron chi connectivity index (χ3n) is 3.01. The second-order valence-electron chi connectivity index (χ2n) is 4.19. The normalized spacial score (nSPS) is 23.9. The molecule has 88 valence electrons. The quantitative estimate of drug-likeness (QED) is 0.707. The van der Waals surface area contributed by atoms with Crippen LogP contribution in [0.25, 0.3) is 0 Å². The molecule has 1 fully saturated rings. The molecule has 0 spiro atoms. The van der Waals surface area contributed by atoms with Crippen LogP contribution in [0.2, 0.25) is 0 Å². The Balaban J connectivity index is 2.58. The number of rotatable bonds is 4. The standard InChI is InChI=1S/C11H23N3O/c1-3-5-9-8-13-6-7-14(9)11(15)10(12)4-2/h9-10,13H,3-8,12H2,1-2H3/t9?,10-/m0/s1. The van der Waals surface area contributed by atoms with Gasteiger partial charge in [-0.05, 0) is 12.8 Å². The van der Waals surface area contributed by atoms with Crippen molar-refractivity contribution in [1.82, 2.24) is 10.2 Å². The Morgan fingerprint density at radius 1 is 1.60 bits per heavy atom. The Morgan fingerprint density at radius 2 is 2.33 bits per heavy atom. The largest absolute Gasteiger partial charge is 0.336 e. The lowest BCUT2D eigenvalue weighted by Crippen LogP contribution is -2.57. The number of hydrogen-bond acceptors (Lipinski definition) is 3. The van der Waals surface area contributed by atoms with Crippen LogP contribution in [0.15, 0.2) is 0 Å². The molecule has 0 aromatic rings. The monoisotopic (exact) mass is 213 g/mol. The summed E-state index contributed by atoms with van der Waals surface area (Å²) in [6, 6.07) is 0.0244. The van der Waals surface area contributed by atoms with Crippen LogP contribution in [0.5, 0.6) is 0 Å². The molecule has 0 aromatic heterocycles. The first kappa shape index (κ1) is 12.5. The highest BCUT2D eigenvalue weighted by Crippen LogP contribution is 2.11. The minimum Gasteiger partial charge on any atom is -0.336 e. The van der Waals surface area contributed by atoms with E-state index >= 15 is 0 Å². The van der Waals surface area contributed by atoms with Gasteiger partial charge in [-0.2, -0.15) is 0 Å². The van der Waals surface area contributed by atoms with Crippen molar-refractivity contribution in [2.75, 3.05) is 19.6 Å². The van der Waals surface area contributed by atoms with Crippen molar-refractivity contribution in [1.29, 1.82) is 0 Å². The first-order chi connectivity index (χ1) is 7.20. The molecule has 0 aliphatic carbocycles. The van der Waals surface area contributed by atoms with Gasteiger partial charge in [0.15, 0.2) is 0 Å². The third-order valence-corrected chi connectivity index (χ3v) is 3.01. The van der Waals surface area contributed by atoms with E-state index in [2.05, 4.69) is 12.2 Å². The van der Waals surface area contributed by atoms with E-state index in [1.807, 2.05) is 11.8 Å². The lowest BCUT2D eigenvalue weighted by atomic mass is 10.1. The molecule has 4 nitrogen and oxygen atoms in total. The van der Waals surface area contributed by atoms with Gasteiger partial charge in [0.1, 0.15) is 0 Å². The summed E-state index contributed by atoms with van der Waals surface area (Å²) in [7, 11) is 0. The predicted molar refractivity (Wildman–Crippen MR) is 61.5 cm³/mol. The molecule has 1 aliphatic rings. The third kappa shape index (κ3) is 3.18. The number of carbonyl (C=O) groups is 1. The summed E-state index contributed by atoms with van der Waals surface area (Å²) in [5.74, 6) is 0.123. The van der Waals surface area contributed by atoms with Crippen LogP contribution >= 0.6 is 0 Å². The smallest absolute Gasteiger partial charge is 0.239 e. The van der Waals surface area contributed by atoms with Crippen molar-refractivity contribution < 1.29 is 4.79 Å². The van der Waals surface area contributed by atoms with E-state index in [1.165, 1.54) is 0 Å². The van der Waals surface area contributed by atoms with E-state index in [0.29, 0.717) is 6.04 Å². The minimum atomic E-state index is -0.317. The molecule has 2 atom stereocenters. The summed E-state index contributed by atoms with van der Waals surface area (Å²) >= 11 is 0. The van der Waals surface area contributed by atoms with E-state index < -0.39 is 0 Å². The van der Waals surface area contributed by atoms with Crippen LogP contribution in [0.1, 0.15) is 33.1 Å². The van der Waals surface area contributed by atoms with Crippen LogP contribution in [0.3, 0.4) is 0 Å². The lowest BCUT2D eigenvalue weighted by Gasteiger charge is -2.37. The van der Waals surface area contributed by atoms with E-state index in [1.54, 1.807) is 0 Å². The molecule has 1 rings (SSSR count). The first-order valence-electron chi connectivity index (χ1n) is 5.97. The molecule has 1 saturated heterocycles. The van der Waals surface area contributed by atoms with Crippen molar-refractivity contribution in [3.63, 3.8) is 0 Å². The topological polar surface area (TPSA) is 58.4 Å². The number of amides is 1. The van der Waals surface area contributed by atoms with Crippen molar-refractivity contribution in [3.8, 4) is 0 Å². The molecule has 4 heteroatoms. The van der Waals surface area contributed by atoms with E-state index in [0.717, 1.165) is 38.9 Å². The van der Waals surface area contributed by atoms with Crippen LogP contribution in [-0.2, 0) is 4.79 Å². The molecule has 3 N–H and O–H groups in total. The van der Waals surface area contributed by atoms with Crippen molar-refractivity contribution in [2.24, 2.45) is 5.73 Å². The molecule has 0 aromatic carbocycles. The molecule has 0 radical (unpaired) electrons. The Kier molecular flexibility index (Phi) is 5.05. The fourth-order valence-electron chi connectivity index (χ4n) is 2.03. The maximum absolute atomic E-state index is 12.0. The summed E-state index contributed by atoms with van der Waals surface area (Å²) < 4.78 is 0. The van der Waals surface area contributed by atoms with Gasteiger partial charge in [0.25, 0.3) is 0 Å². The van der Waals surface area contributed by atoms with Crippen LogP contribution in [0.4, 0.5) is 0 Å². The molecular formula is C11H23N3O. The fraction of sp³-hybridized carbons (Fsp3) is 0.909. The number of carbonyl (C=O) groups excluding carboxylic acids is 1. The van der Waals surface area contributed by atoms with Crippen molar-refractivity contribution in [2.45, 2.75) is 45.2 Å². The SMILES string of the molecule is CCCC1CNCCN1C(=O)[C@@H](N)CC. The molecule has 1 amide bonds. The zero-order valence-electron chi connectivity index (χ0n) is 9.83. The van der Waals surface area contributed by atoms with Crippen LogP contribution < -0.4 is 11.1 Å². The molecule has 0 bridgehead atoms. The van der Waals surface area contributed by atoms with Gasteiger partial charge >= 0.3 is 0 Å². The fourth-order valence-corrected chi connectivity index (χ4v) is 2.03. The zero-order chi connectivity index (χ0) is 11.3. The highest BCUT2D eigenvalue weighted by Gasteiger charge is 2.28. The van der Waals surface area contributed by atoms with E-state index in [-0.39, 0.29) is 11.9 Å². The number of nitrogens with two attached hydrogens (primary N) is 1. The summed E-state index contributed by atoms with van der Waals surface area (Å²) in [4.78, 5) is 14.0. The molecule has 0 saturated carbocycles. The van der Waals surface area contributed by atoms with Gasteiger partial charge in [-0.3, -0.25) is 4.79 Å². The summed E-state index contributed by atoms with van der Waals surface area (Å²) in [6.45, 7) is 6.71. The summed E-state index contributed by atoms with van der Waals surface area (Å²) in [6.07, 6.45) is 2.90. The maximum atomic E-state index is 12.0. The Labute approximate surface area is 92.2 Å². The van der Waals surface area contributed by atoms with Gasteiger partial charge in [0.2, 0.25) is 5.91 Å². The summed E-state index contributed by atoms with van der Waals surface area (Å²) in [5, 5.41) is 3.33. The van der Waals surface area contributed by atoms with Gasteiger partial charge in [0, 0.05) is 25.7 Å². The molecule has 1 unspecified atom stereocenters. The number of piperazine rings is 1. The van der Waals surface area contributed by atoms with E-state index in [4.69, 9.17) is 5.73 Å². The average Bonchev–Trinajstić information content (AvgIpc) is 2.28. The first-order valence-corrected chi connectivity index (χ1v) is 5.97. The van der Waals surface area contributed by atoms with Crippen LogP contribution in [0, 0.1) is 0 Å². The second-order valence-corrected chi connectivity index (χ2v) is 4.19. The van der Waals surface area contributed by atoms with Gasteiger partial charge in [-0.15, -0.1) is 0 Å². The van der Waals surface area contributed by atoms with Gasteiger partial charge in [-0.25, -0.2) is 0 Å². The molecule has 1 aliphatic heterocycles. The van der Waals surface area contributed by atoms with Gasteiger partial charge < -0.3 is 16.0 Å². The average molecular weight is 213 g/mol. The second kappa shape index (κ2) is 6.08. The maximum Gasteiger partial charge on any atom is 0.239 e. The molecule has 15 heavy (non-hydrogen) atoms. The highest BCUT2D eigenvalue weighted by molar-refractivity contribution is 5.82. The number of nitrogens with one attached hydrogen (secondary N) is 1. The van der Waals surface area contributed by atoms with Gasteiger partial charge in [-0.1, -0.05) is 20.3 Å². The van der Waals surface area contributed by atoms with E-state index in [9.17, 15) is 4.79 Å².